The van der Waals surface area contributed by atoms with Crippen LogP contribution in [0.5, 0.6) is 0 Å². The number of ether oxygens (including phenoxy) is 1. The van der Waals surface area contributed by atoms with Gasteiger partial charge in [0.05, 0.1) is 14.1 Å². The number of benzene rings is 2. The van der Waals surface area contributed by atoms with Crippen molar-refractivity contribution in [2.45, 2.75) is 43.4 Å². The molecule has 2 atom stereocenters. The molecular weight excluding hydrogens is 334 g/mol. The molecule has 4 rings (SSSR count). The SMILES string of the molecule is CC(C(=O)OC1CC2C=CC(C1)[N+]2(C)C)(c1ccccc1)c1ccccc1. The number of piperidine rings is 1. The van der Waals surface area contributed by atoms with Crippen molar-refractivity contribution in [2.75, 3.05) is 14.1 Å². The van der Waals surface area contributed by atoms with Gasteiger partial charge in [0.25, 0.3) is 0 Å². The van der Waals surface area contributed by atoms with E-state index >= 15 is 0 Å². The lowest BCUT2D eigenvalue weighted by molar-refractivity contribution is -0.926. The topological polar surface area (TPSA) is 26.3 Å². The van der Waals surface area contributed by atoms with E-state index < -0.39 is 5.41 Å². The highest BCUT2D eigenvalue weighted by molar-refractivity contribution is 5.87. The Morgan fingerprint density at radius 1 is 0.889 bits per heavy atom. The van der Waals surface area contributed by atoms with E-state index in [-0.39, 0.29) is 12.1 Å². The number of quaternary nitrogens is 1. The van der Waals surface area contributed by atoms with Crippen molar-refractivity contribution in [3.05, 3.63) is 83.9 Å². The van der Waals surface area contributed by atoms with Crippen molar-refractivity contribution in [3.63, 3.8) is 0 Å². The van der Waals surface area contributed by atoms with Gasteiger partial charge in [-0.25, -0.2) is 0 Å². The number of hydrogen-bond acceptors (Lipinski definition) is 2. The van der Waals surface area contributed by atoms with Gasteiger partial charge in [0.1, 0.15) is 23.6 Å². The third-order valence-corrected chi connectivity index (χ3v) is 6.66. The zero-order chi connectivity index (χ0) is 19.1. The number of esters is 1. The number of nitrogens with zero attached hydrogens (tertiary/aromatic N) is 1. The van der Waals surface area contributed by atoms with Gasteiger partial charge in [-0.3, -0.25) is 4.79 Å². The van der Waals surface area contributed by atoms with E-state index in [1.807, 2.05) is 67.6 Å². The van der Waals surface area contributed by atoms with Crippen LogP contribution in [-0.2, 0) is 14.9 Å². The number of carbonyl (C=O) groups excluding carboxylic acids is 1. The second-order valence-electron chi connectivity index (χ2n) is 8.50. The molecule has 0 saturated carbocycles. The molecule has 2 aliphatic rings. The predicted molar refractivity (Wildman–Crippen MR) is 107 cm³/mol. The Bertz CT molecular complexity index is 784. The molecular formula is C24H28NO2+. The van der Waals surface area contributed by atoms with Crippen LogP contribution in [0.4, 0.5) is 0 Å². The van der Waals surface area contributed by atoms with Crippen molar-refractivity contribution < 1.29 is 14.0 Å². The molecule has 0 N–H and O–H groups in total. The van der Waals surface area contributed by atoms with Gasteiger partial charge in [-0.1, -0.05) is 60.7 Å². The summed E-state index contributed by atoms with van der Waals surface area (Å²) in [6.07, 6.45) is 6.36. The van der Waals surface area contributed by atoms with Crippen molar-refractivity contribution in [1.29, 1.82) is 0 Å². The van der Waals surface area contributed by atoms with Crippen LogP contribution in [0.25, 0.3) is 0 Å². The van der Waals surface area contributed by atoms with Gasteiger partial charge in [-0.2, -0.15) is 0 Å². The second-order valence-corrected chi connectivity index (χ2v) is 8.50. The molecule has 0 spiro atoms. The number of hydrogen-bond donors (Lipinski definition) is 0. The molecule has 2 aliphatic heterocycles. The van der Waals surface area contributed by atoms with Gasteiger partial charge in [0.2, 0.25) is 0 Å². The summed E-state index contributed by atoms with van der Waals surface area (Å²) in [6, 6.07) is 20.8. The molecule has 27 heavy (non-hydrogen) atoms. The molecule has 2 unspecified atom stereocenters. The summed E-state index contributed by atoms with van der Waals surface area (Å²) < 4.78 is 7.13. The lowest BCUT2D eigenvalue weighted by atomic mass is 9.76. The van der Waals surface area contributed by atoms with E-state index in [1.165, 1.54) is 0 Å². The van der Waals surface area contributed by atoms with Gasteiger partial charge in [-0.15, -0.1) is 0 Å². The van der Waals surface area contributed by atoms with Crippen molar-refractivity contribution in [1.82, 2.24) is 0 Å². The van der Waals surface area contributed by atoms with Crippen LogP contribution < -0.4 is 0 Å². The smallest absolute Gasteiger partial charge is 0.321 e. The maximum atomic E-state index is 13.5. The molecule has 1 saturated heterocycles. The first-order chi connectivity index (χ1) is 12.9. The molecule has 2 aromatic carbocycles. The lowest BCUT2D eigenvalue weighted by Gasteiger charge is -2.44. The van der Waals surface area contributed by atoms with Crippen molar-refractivity contribution in [2.24, 2.45) is 0 Å². The first-order valence-corrected chi connectivity index (χ1v) is 9.76. The standard InChI is InChI=1S/C24H28NO2/c1-24(18-10-6-4-7-11-18,19-12-8-5-9-13-19)23(26)27-22-16-20-14-15-21(17-22)25(20,2)3/h4-15,20-22H,16-17H2,1-3H3/q+1. The highest BCUT2D eigenvalue weighted by atomic mass is 16.5. The van der Waals surface area contributed by atoms with E-state index in [9.17, 15) is 4.79 Å². The molecule has 0 aromatic heterocycles. The summed E-state index contributed by atoms with van der Waals surface area (Å²) in [4.78, 5) is 13.5. The van der Waals surface area contributed by atoms with Gasteiger partial charge in [0, 0.05) is 12.8 Å². The molecule has 140 valence electrons. The van der Waals surface area contributed by atoms with Crippen LogP contribution in [0, 0.1) is 0 Å². The van der Waals surface area contributed by atoms with Crippen LogP contribution in [-0.4, -0.2) is 42.7 Å². The van der Waals surface area contributed by atoms with E-state index in [0.29, 0.717) is 12.1 Å². The van der Waals surface area contributed by atoms with Crippen LogP contribution in [0.3, 0.4) is 0 Å². The Kier molecular flexibility index (Phi) is 4.43. The summed E-state index contributed by atoms with van der Waals surface area (Å²) in [7, 11) is 4.54. The maximum Gasteiger partial charge on any atom is 0.321 e. The van der Waals surface area contributed by atoms with Gasteiger partial charge in [0.15, 0.2) is 0 Å². The van der Waals surface area contributed by atoms with Crippen LogP contribution in [0.1, 0.15) is 30.9 Å². The van der Waals surface area contributed by atoms with Gasteiger partial charge < -0.3 is 9.22 Å². The van der Waals surface area contributed by atoms with Crippen LogP contribution in [0.2, 0.25) is 0 Å². The molecule has 3 nitrogen and oxygen atoms in total. The number of rotatable bonds is 4. The Balaban J connectivity index is 1.61. The second kappa shape index (κ2) is 6.65. The average Bonchev–Trinajstić information content (AvgIpc) is 2.86. The minimum atomic E-state index is -0.809. The summed E-state index contributed by atoms with van der Waals surface area (Å²) in [6.45, 7) is 1.98. The quantitative estimate of drug-likeness (QED) is 0.465. The number of likely N-dealkylation sites (N-methyl/N-ethyl adjacent to an activating group) is 1. The summed E-state index contributed by atoms with van der Waals surface area (Å²) in [5.41, 5.74) is 1.13. The zero-order valence-corrected chi connectivity index (χ0v) is 16.3. The van der Waals surface area contributed by atoms with Crippen molar-refractivity contribution in [3.8, 4) is 0 Å². The first kappa shape index (κ1) is 18.0. The number of carbonyl (C=O) groups is 1. The molecule has 1 fully saturated rings. The summed E-state index contributed by atoms with van der Waals surface area (Å²) >= 11 is 0. The van der Waals surface area contributed by atoms with E-state index in [4.69, 9.17) is 4.74 Å². The zero-order valence-electron chi connectivity index (χ0n) is 16.3. The fraction of sp³-hybridized carbons (Fsp3) is 0.375. The molecule has 3 heteroatoms. The summed E-state index contributed by atoms with van der Waals surface area (Å²) in [5.74, 6) is -0.156. The predicted octanol–water partition coefficient (Wildman–Crippen LogP) is 4.08. The van der Waals surface area contributed by atoms with Gasteiger partial charge >= 0.3 is 5.97 Å². The van der Waals surface area contributed by atoms with Crippen molar-refractivity contribution >= 4 is 5.97 Å². The Morgan fingerprint density at radius 3 is 1.78 bits per heavy atom. The maximum absolute atomic E-state index is 13.5. The van der Waals surface area contributed by atoms with Gasteiger partial charge in [-0.05, 0) is 30.2 Å². The third-order valence-electron chi connectivity index (χ3n) is 6.66. The van der Waals surface area contributed by atoms with Crippen LogP contribution >= 0.6 is 0 Å². The molecule has 0 radical (unpaired) electrons. The van der Waals surface area contributed by atoms with Crippen LogP contribution in [0.15, 0.2) is 72.8 Å². The normalized spacial score (nSPS) is 26.0. The molecule has 2 aromatic rings. The van der Waals surface area contributed by atoms with E-state index in [1.54, 1.807) is 0 Å². The molecule has 2 bridgehead atoms. The Morgan fingerprint density at radius 2 is 1.33 bits per heavy atom. The fourth-order valence-corrected chi connectivity index (χ4v) is 4.59. The third kappa shape index (κ3) is 3.00. The Hall–Kier alpha value is -2.39. The van der Waals surface area contributed by atoms with E-state index in [2.05, 4.69) is 26.2 Å². The minimum absolute atomic E-state index is 0.0274. The lowest BCUT2D eigenvalue weighted by Crippen LogP contribution is -2.57. The number of fused-ring (bicyclic) bond motifs is 2. The molecule has 0 aliphatic carbocycles. The molecule has 2 heterocycles. The highest BCUT2D eigenvalue weighted by Crippen LogP contribution is 2.38. The fourth-order valence-electron chi connectivity index (χ4n) is 4.59. The first-order valence-electron chi connectivity index (χ1n) is 9.76. The molecule has 0 amide bonds. The average molecular weight is 362 g/mol. The Labute approximate surface area is 161 Å². The summed E-state index contributed by atoms with van der Waals surface area (Å²) in [5, 5.41) is 0. The monoisotopic (exact) mass is 362 g/mol. The largest absolute Gasteiger partial charge is 0.461 e. The minimum Gasteiger partial charge on any atom is -0.461 e. The highest BCUT2D eigenvalue weighted by Gasteiger charge is 2.48. The van der Waals surface area contributed by atoms with E-state index in [0.717, 1.165) is 28.5 Å².